The van der Waals surface area contributed by atoms with Gasteiger partial charge in [-0.3, -0.25) is 0 Å². The van der Waals surface area contributed by atoms with Gasteiger partial charge in [0.2, 0.25) is 0 Å². The van der Waals surface area contributed by atoms with E-state index in [9.17, 15) is 15.3 Å². The van der Waals surface area contributed by atoms with Gasteiger partial charge in [0, 0.05) is 27.8 Å². The minimum atomic E-state index is 0.0101. The molecule has 0 aliphatic rings. The Balaban J connectivity index is 1.79. The molecule has 6 aromatic rings. The van der Waals surface area contributed by atoms with Crippen LogP contribution in [0.2, 0.25) is 0 Å². The highest BCUT2D eigenvalue weighted by atomic mass is 16.3. The monoisotopic (exact) mass is 454 g/mol. The van der Waals surface area contributed by atoms with Crippen molar-refractivity contribution in [1.29, 1.82) is 0 Å². The molecule has 0 bridgehead atoms. The van der Waals surface area contributed by atoms with Crippen LogP contribution in [0.3, 0.4) is 0 Å². The SMILES string of the molecule is Oc1ccccc1-c1cc2ccccc2c(-c2c(O)c(-c3ccccc3)cc3ccccc23)c1O. The number of phenols is 3. The van der Waals surface area contributed by atoms with E-state index in [0.29, 0.717) is 27.8 Å². The van der Waals surface area contributed by atoms with Gasteiger partial charge < -0.3 is 15.3 Å². The van der Waals surface area contributed by atoms with Crippen LogP contribution in [0.4, 0.5) is 0 Å². The van der Waals surface area contributed by atoms with E-state index < -0.39 is 0 Å². The maximum atomic E-state index is 11.7. The van der Waals surface area contributed by atoms with Crippen molar-refractivity contribution in [3.63, 3.8) is 0 Å². The van der Waals surface area contributed by atoms with Crippen LogP contribution in [-0.2, 0) is 0 Å². The first-order chi connectivity index (χ1) is 17.1. The number of phenolic OH excluding ortho intramolecular Hbond substituents is 3. The molecule has 0 unspecified atom stereocenters. The Labute approximate surface area is 202 Å². The molecule has 6 aromatic carbocycles. The Hall–Kier alpha value is -4.76. The van der Waals surface area contributed by atoms with Crippen molar-refractivity contribution < 1.29 is 15.3 Å². The summed E-state index contributed by atoms with van der Waals surface area (Å²) >= 11 is 0. The fraction of sp³-hybridized carbons (Fsp3) is 0. The molecule has 0 atom stereocenters. The third-order valence-electron chi connectivity index (χ3n) is 6.57. The molecule has 3 heteroatoms. The highest BCUT2D eigenvalue weighted by Gasteiger charge is 2.23. The van der Waals surface area contributed by atoms with Gasteiger partial charge >= 0.3 is 0 Å². The summed E-state index contributed by atoms with van der Waals surface area (Å²) in [4.78, 5) is 0. The molecule has 0 aliphatic heterocycles. The zero-order valence-corrected chi connectivity index (χ0v) is 18.8. The molecule has 0 saturated carbocycles. The van der Waals surface area contributed by atoms with Gasteiger partial charge in [-0.15, -0.1) is 0 Å². The van der Waals surface area contributed by atoms with E-state index in [4.69, 9.17) is 0 Å². The van der Waals surface area contributed by atoms with Gasteiger partial charge in [-0.1, -0.05) is 97.1 Å². The van der Waals surface area contributed by atoms with Crippen LogP contribution in [-0.4, -0.2) is 15.3 Å². The number of hydrogen-bond acceptors (Lipinski definition) is 3. The second-order valence-corrected chi connectivity index (χ2v) is 8.62. The van der Waals surface area contributed by atoms with Crippen LogP contribution in [0.5, 0.6) is 17.2 Å². The van der Waals surface area contributed by atoms with Crippen LogP contribution >= 0.6 is 0 Å². The minimum absolute atomic E-state index is 0.0101. The third kappa shape index (κ3) is 3.37. The molecular weight excluding hydrogens is 432 g/mol. The number of aromatic hydroxyl groups is 3. The molecule has 6 rings (SSSR count). The molecule has 0 heterocycles. The fourth-order valence-corrected chi connectivity index (χ4v) is 4.92. The van der Waals surface area contributed by atoms with Crippen molar-refractivity contribution >= 4 is 21.5 Å². The summed E-state index contributed by atoms with van der Waals surface area (Å²) in [6.45, 7) is 0. The highest BCUT2D eigenvalue weighted by molar-refractivity contribution is 6.14. The summed E-state index contributed by atoms with van der Waals surface area (Å²) in [5.74, 6) is 0.191. The summed E-state index contributed by atoms with van der Waals surface area (Å²) in [7, 11) is 0. The van der Waals surface area contributed by atoms with Crippen molar-refractivity contribution in [1.82, 2.24) is 0 Å². The van der Waals surface area contributed by atoms with E-state index in [0.717, 1.165) is 27.1 Å². The molecule has 0 amide bonds. The number of hydrogen-bond donors (Lipinski definition) is 3. The van der Waals surface area contributed by atoms with Crippen LogP contribution in [0, 0.1) is 0 Å². The van der Waals surface area contributed by atoms with E-state index in [2.05, 4.69) is 0 Å². The highest BCUT2D eigenvalue weighted by Crippen LogP contribution is 2.51. The average Bonchev–Trinajstić information content (AvgIpc) is 2.90. The molecule has 0 radical (unpaired) electrons. The van der Waals surface area contributed by atoms with Crippen molar-refractivity contribution in [2.45, 2.75) is 0 Å². The Kier molecular flexibility index (Phi) is 4.89. The summed E-state index contributed by atoms with van der Waals surface area (Å²) in [5.41, 5.74) is 3.71. The second-order valence-electron chi connectivity index (χ2n) is 8.62. The number of fused-ring (bicyclic) bond motifs is 2. The lowest BCUT2D eigenvalue weighted by atomic mass is 9.86. The minimum Gasteiger partial charge on any atom is -0.507 e. The molecule has 3 N–H and O–H groups in total. The van der Waals surface area contributed by atoms with Crippen LogP contribution in [0.1, 0.15) is 0 Å². The molecule has 0 aromatic heterocycles. The summed E-state index contributed by atoms with van der Waals surface area (Å²) in [6.07, 6.45) is 0. The fourth-order valence-electron chi connectivity index (χ4n) is 4.92. The quantitative estimate of drug-likeness (QED) is 0.253. The first-order valence-corrected chi connectivity index (χ1v) is 11.5. The van der Waals surface area contributed by atoms with E-state index in [1.165, 1.54) is 0 Å². The van der Waals surface area contributed by atoms with Gasteiger partial charge in [-0.05, 0) is 45.3 Å². The van der Waals surface area contributed by atoms with Gasteiger partial charge in [0.25, 0.3) is 0 Å². The standard InChI is InChI=1S/C32H22O3/c33-28-17-9-8-16-25(28)27-19-22-13-5-7-15-24(22)30(32(27)35)29-23-14-6-4-12-21(23)18-26(31(29)34)20-10-2-1-3-11-20/h1-19,33-35H. The smallest absolute Gasteiger partial charge is 0.132 e. The summed E-state index contributed by atoms with van der Waals surface area (Å²) < 4.78 is 0. The van der Waals surface area contributed by atoms with E-state index in [-0.39, 0.29) is 17.2 Å². The summed E-state index contributed by atoms with van der Waals surface area (Å²) in [5, 5.41) is 37.6. The van der Waals surface area contributed by atoms with Crippen molar-refractivity contribution in [3.05, 3.63) is 115 Å². The Bertz CT molecular complexity index is 1720. The average molecular weight is 455 g/mol. The zero-order valence-electron chi connectivity index (χ0n) is 18.8. The normalized spacial score (nSPS) is 11.2. The first kappa shape index (κ1) is 20.8. The number of benzene rings is 6. The second kappa shape index (κ2) is 8.23. The van der Waals surface area contributed by atoms with Gasteiger partial charge in [-0.25, -0.2) is 0 Å². The predicted octanol–water partition coefficient (Wildman–Crippen LogP) is 8.11. The van der Waals surface area contributed by atoms with E-state index in [1.54, 1.807) is 18.2 Å². The number of rotatable bonds is 3. The van der Waals surface area contributed by atoms with Crippen LogP contribution < -0.4 is 0 Å². The Morgan fingerprint density at radius 1 is 0.400 bits per heavy atom. The van der Waals surface area contributed by atoms with Gasteiger partial charge in [-0.2, -0.15) is 0 Å². The van der Waals surface area contributed by atoms with Gasteiger partial charge in [0.15, 0.2) is 0 Å². The molecule has 168 valence electrons. The summed E-state index contributed by atoms with van der Waals surface area (Å²) in [6, 6.07) is 36.2. The Morgan fingerprint density at radius 3 is 1.51 bits per heavy atom. The maximum Gasteiger partial charge on any atom is 0.132 e. The van der Waals surface area contributed by atoms with E-state index in [1.807, 2.05) is 97.1 Å². The van der Waals surface area contributed by atoms with E-state index >= 15 is 0 Å². The maximum absolute atomic E-state index is 11.7. The topological polar surface area (TPSA) is 60.7 Å². The van der Waals surface area contributed by atoms with Crippen LogP contribution in [0.25, 0.3) is 54.9 Å². The molecule has 35 heavy (non-hydrogen) atoms. The van der Waals surface area contributed by atoms with Crippen LogP contribution in [0.15, 0.2) is 115 Å². The molecule has 0 aliphatic carbocycles. The van der Waals surface area contributed by atoms with Crippen molar-refractivity contribution in [3.8, 4) is 50.6 Å². The predicted molar refractivity (Wildman–Crippen MR) is 143 cm³/mol. The zero-order chi connectivity index (χ0) is 23.9. The lowest BCUT2D eigenvalue weighted by molar-refractivity contribution is 0.468. The lowest BCUT2D eigenvalue weighted by Gasteiger charge is -2.19. The lowest BCUT2D eigenvalue weighted by Crippen LogP contribution is -1.92. The number of para-hydroxylation sites is 1. The third-order valence-corrected chi connectivity index (χ3v) is 6.57. The van der Waals surface area contributed by atoms with Crippen molar-refractivity contribution in [2.75, 3.05) is 0 Å². The van der Waals surface area contributed by atoms with Gasteiger partial charge in [0.05, 0.1) is 0 Å². The largest absolute Gasteiger partial charge is 0.507 e. The molecule has 0 spiro atoms. The molecular formula is C32H22O3. The van der Waals surface area contributed by atoms with Crippen molar-refractivity contribution in [2.24, 2.45) is 0 Å². The molecule has 0 saturated heterocycles. The first-order valence-electron chi connectivity index (χ1n) is 11.5. The molecule has 0 fully saturated rings. The Morgan fingerprint density at radius 2 is 0.886 bits per heavy atom. The van der Waals surface area contributed by atoms with Gasteiger partial charge in [0.1, 0.15) is 17.2 Å². The molecule has 3 nitrogen and oxygen atoms in total.